The molecule has 1 heterocycles. The fourth-order valence-electron chi connectivity index (χ4n) is 2.18. The second-order valence-electron chi connectivity index (χ2n) is 4.00. The molecule has 1 aliphatic heterocycles. The summed E-state index contributed by atoms with van der Waals surface area (Å²) in [7, 11) is 2.01. The first-order valence-corrected chi connectivity index (χ1v) is 4.85. The predicted octanol–water partition coefficient (Wildman–Crippen LogP) is 0.806. The summed E-state index contributed by atoms with van der Waals surface area (Å²) in [6.07, 6.45) is -0.527. The molecule has 1 aliphatic rings. The lowest BCUT2D eigenvalue weighted by Crippen LogP contribution is -2.44. The molecule has 3 heteroatoms. The van der Waals surface area contributed by atoms with Crippen LogP contribution in [0.3, 0.4) is 0 Å². The molecule has 0 bridgehead atoms. The molecule has 76 valence electrons. The van der Waals surface area contributed by atoms with Crippen molar-refractivity contribution in [2.45, 2.75) is 19.1 Å². The van der Waals surface area contributed by atoms with Crippen LogP contribution >= 0.6 is 0 Å². The van der Waals surface area contributed by atoms with Crippen molar-refractivity contribution in [2.75, 3.05) is 18.5 Å². The Hall–Kier alpha value is -1.06. The lowest BCUT2D eigenvalue weighted by molar-refractivity contribution is 0.143. The third-order valence-corrected chi connectivity index (χ3v) is 2.86. The van der Waals surface area contributed by atoms with Gasteiger partial charge in [-0.15, -0.1) is 0 Å². The van der Waals surface area contributed by atoms with Crippen molar-refractivity contribution in [3.8, 4) is 0 Å². The van der Waals surface area contributed by atoms with Gasteiger partial charge < -0.3 is 15.7 Å². The Bertz CT molecular complexity index is 351. The Morgan fingerprint density at radius 3 is 2.93 bits per heavy atom. The smallest absolute Gasteiger partial charge is 0.0978 e. The van der Waals surface area contributed by atoms with Gasteiger partial charge in [0, 0.05) is 24.8 Å². The highest BCUT2D eigenvalue weighted by Crippen LogP contribution is 2.34. The van der Waals surface area contributed by atoms with Crippen molar-refractivity contribution in [3.05, 3.63) is 29.3 Å². The first-order chi connectivity index (χ1) is 6.61. The van der Waals surface area contributed by atoms with Crippen LogP contribution in [0.1, 0.15) is 17.2 Å². The predicted molar refractivity (Wildman–Crippen MR) is 57.4 cm³/mol. The van der Waals surface area contributed by atoms with E-state index in [2.05, 4.69) is 17.9 Å². The molecule has 0 fully saturated rings. The summed E-state index contributed by atoms with van der Waals surface area (Å²) < 4.78 is 0. The summed E-state index contributed by atoms with van der Waals surface area (Å²) in [4.78, 5) is 2.11. The van der Waals surface area contributed by atoms with Crippen molar-refractivity contribution < 1.29 is 5.11 Å². The largest absolute Gasteiger partial charge is 0.387 e. The lowest BCUT2D eigenvalue weighted by Gasteiger charge is -2.36. The van der Waals surface area contributed by atoms with Crippen LogP contribution in [0.25, 0.3) is 0 Å². The van der Waals surface area contributed by atoms with Crippen LogP contribution < -0.4 is 10.6 Å². The first kappa shape index (κ1) is 9.49. The van der Waals surface area contributed by atoms with Gasteiger partial charge in [0.15, 0.2) is 0 Å². The quantitative estimate of drug-likeness (QED) is 0.639. The third-order valence-electron chi connectivity index (χ3n) is 2.86. The molecular weight excluding hydrogens is 176 g/mol. The molecule has 3 N–H and O–H groups in total. The topological polar surface area (TPSA) is 49.5 Å². The van der Waals surface area contributed by atoms with Crippen LogP contribution in [0.5, 0.6) is 0 Å². The van der Waals surface area contributed by atoms with Crippen LogP contribution in [-0.2, 0) is 0 Å². The van der Waals surface area contributed by atoms with Crippen molar-refractivity contribution in [2.24, 2.45) is 5.73 Å². The standard InChI is InChI=1S/C11H16N2O/c1-7-4-3-5-8-10(7)13(2)6-9(12)11(8)14/h3-5,9,11,14H,6,12H2,1-2H3/t9-,11-/m1/s1. The number of nitrogens with zero attached hydrogens (tertiary/aromatic N) is 1. The fraction of sp³-hybridized carbons (Fsp3) is 0.455. The number of hydrogen-bond acceptors (Lipinski definition) is 3. The minimum Gasteiger partial charge on any atom is -0.387 e. The molecule has 0 aliphatic carbocycles. The van der Waals surface area contributed by atoms with E-state index in [0.29, 0.717) is 6.54 Å². The second kappa shape index (κ2) is 3.26. The number of benzene rings is 1. The highest BCUT2D eigenvalue weighted by Gasteiger charge is 2.28. The van der Waals surface area contributed by atoms with Crippen LogP contribution in [0.4, 0.5) is 5.69 Å². The number of aryl methyl sites for hydroxylation is 1. The van der Waals surface area contributed by atoms with E-state index in [9.17, 15) is 5.11 Å². The fourth-order valence-corrected chi connectivity index (χ4v) is 2.18. The number of rotatable bonds is 0. The normalized spacial score (nSPS) is 26.1. The monoisotopic (exact) mass is 192 g/mol. The summed E-state index contributed by atoms with van der Waals surface area (Å²) in [5, 5.41) is 9.92. The van der Waals surface area contributed by atoms with Gasteiger partial charge in [-0.1, -0.05) is 18.2 Å². The van der Waals surface area contributed by atoms with E-state index in [1.54, 1.807) is 0 Å². The van der Waals surface area contributed by atoms with E-state index < -0.39 is 6.10 Å². The molecule has 2 rings (SSSR count). The van der Waals surface area contributed by atoms with Gasteiger partial charge in [0.05, 0.1) is 12.1 Å². The molecule has 0 unspecified atom stereocenters. The van der Waals surface area contributed by atoms with Crippen LogP contribution in [0.2, 0.25) is 0 Å². The molecule has 1 aromatic rings. The Morgan fingerprint density at radius 2 is 2.21 bits per heavy atom. The molecule has 0 saturated carbocycles. The Kier molecular flexibility index (Phi) is 2.21. The number of para-hydroxylation sites is 1. The van der Waals surface area contributed by atoms with Gasteiger partial charge >= 0.3 is 0 Å². The van der Waals surface area contributed by atoms with E-state index >= 15 is 0 Å². The minimum atomic E-state index is -0.527. The second-order valence-corrected chi connectivity index (χ2v) is 4.00. The van der Waals surface area contributed by atoms with Gasteiger partial charge in [-0.25, -0.2) is 0 Å². The summed E-state index contributed by atoms with van der Waals surface area (Å²) >= 11 is 0. The number of nitrogens with two attached hydrogens (primary N) is 1. The average Bonchev–Trinajstić information content (AvgIpc) is 2.14. The van der Waals surface area contributed by atoms with Crippen LogP contribution in [0, 0.1) is 6.92 Å². The zero-order valence-electron chi connectivity index (χ0n) is 8.57. The molecule has 0 amide bonds. The van der Waals surface area contributed by atoms with Crippen molar-refractivity contribution >= 4 is 5.69 Å². The zero-order chi connectivity index (χ0) is 10.3. The van der Waals surface area contributed by atoms with E-state index in [0.717, 1.165) is 11.3 Å². The molecular formula is C11H16N2O. The van der Waals surface area contributed by atoms with E-state index in [-0.39, 0.29) is 6.04 Å². The van der Waals surface area contributed by atoms with Crippen LogP contribution in [0.15, 0.2) is 18.2 Å². The van der Waals surface area contributed by atoms with Crippen molar-refractivity contribution in [3.63, 3.8) is 0 Å². The molecule has 0 aromatic heterocycles. The summed E-state index contributed by atoms with van der Waals surface area (Å²) in [6.45, 7) is 2.76. The van der Waals surface area contributed by atoms with Gasteiger partial charge in [0.2, 0.25) is 0 Å². The number of likely N-dealkylation sites (N-methyl/N-ethyl adjacent to an activating group) is 1. The number of fused-ring (bicyclic) bond motifs is 1. The molecule has 0 saturated heterocycles. The Balaban J connectivity index is 2.55. The van der Waals surface area contributed by atoms with E-state index in [1.165, 1.54) is 5.56 Å². The van der Waals surface area contributed by atoms with E-state index in [1.807, 2.05) is 19.2 Å². The zero-order valence-corrected chi connectivity index (χ0v) is 8.57. The SMILES string of the molecule is Cc1cccc2c1N(C)C[C@@H](N)[C@@H]2O. The van der Waals surface area contributed by atoms with Crippen molar-refractivity contribution in [1.82, 2.24) is 0 Å². The van der Waals surface area contributed by atoms with Crippen LogP contribution in [-0.4, -0.2) is 24.7 Å². The molecule has 3 nitrogen and oxygen atoms in total. The molecule has 2 atom stereocenters. The number of anilines is 1. The third kappa shape index (κ3) is 1.29. The number of aliphatic hydroxyl groups is 1. The number of hydrogen-bond donors (Lipinski definition) is 2. The van der Waals surface area contributed by atoms with E-state index in [4.69, 9.17) is 5.73 Å². The highest BCUT2D eigenvalue weighted by atomic mass is 16.3. The molecule has 14 heavy (non-hydrogen) atoms. The summed E-state index contributed by atoms with van der Waals surface area (Å²) in [6, 6.07) is 5.78. The maximum Gasteiger partial charge on any atom is 0.0978 e. The van der Waals surface area contributed by atoms with Gasteiger partial charge in [0.1, 0.15) is 0 Å². The van der Waals surface area contributed by atoms with Gasteiger partial charge in [0.25, 0.3) is 0 Å². The van der Waals surface area contributed by atoms with Gasteiger partial charge in [-0.2, -0.15) is 0 Å². The van der Waals surface area contributed by atoms with Gasteiger partial charge in [-0.3, -0.25) is 0 Å². The van der Waals surface area contributed by atoms with Gasteiger partial charge in [-0.05, 0) is 12.5 Å². The Morgan fingerprint density at radius 1 is 1.50 bits per heavy atom. The maximum atomic E-state index is 9.92. The first-order valence-electron chi connectivity index (χ1n) is 4.85. The number of aliphatic hydroxyl groups excluding tert-OH is 1. The lowest BCUT2D eigenvalue weighted by atomic mass is 9.93. The molecule has 0 spiro atoms. The molecule has 0 radical (unpaired) electrons. The van der Waals surface area contributed by atoms with Crippen molar-refractivity contribution in [1.29, 1.82) is 0 Å². The average molecular weight is 192 g/mol. The highest BCUT2D eigenvalue weighted by molar-refractivity contribution is 5.61. The minimum absolute atomic E-state index is 0.186. The maximum absolute atomic E-state index is 9.92. The molecule has 1 aromatic carbocycles. The summed E-state index contributed by atoms with van der Waals surface area (Å²) in [5.41, 5.74) is 9.11. The Labute approximate surface area is 84.1 Å². The summed E-state index contributed by atoms with van der Waals surface area (Å²) in [5.74, 6) is 0.